The molecule has 2 aliphatic rings. The van der Waals surface area contributed by atoms with Gasteiger partial charge in [-0.25, -0.2) is 4.39 Å². The molecule has 0 radical (unpaired) electrons. The van der Waals surface area contributed by atoms with Crippen molar-refractivity contribution in [2.24, 2.45) is 5.92 Å². The molecule has 22 heavy (non-hydrogen) atoms. The summed E-state index contributed by atoms with van der Waals surface area (Å²) >= 11 is 6.14. The molecule has 0 amide bonds. The molecule has 3 rings (SSSR count). The fourth-order valence-electron chi connectivity index (χ4n) is 3.90. The third kappa shape index (κ3) is 4.14. The molecular weight excluding hydrogens is 322 g/mol. The van der Waals surface area contributed by atoms with E-state index in [1.54, 1.807) is 6.07 Å². The minimum atomic E-state index is -0.103. The molecule has 1 heterocycles. The maximum Gasteiger partial charge on any atom is 0.128 e. The molecule has 124 valence electrons. The van der Waals surface area contributed by atoms with E-state index in [1.807, 2.05) is 6.07 Å². The molecule has 1 atom stereocenters. The van der Waals surface area contributed by atoms with Crippen molar-refractivity contribution >= 4 is 24.0 Å². The molecule has 5 heteroatoms. The highest BCUT2D eigenvalue weighted by atomic mass is 35.5. The highest BCUT2D eigenvalue weighted by molar-refractivity contribution is 6.30. The highest BCUT2D eigenvalue weighted by Crippen LogP contribution is 2.40. The van der Waals surface area contributed by atoms with Crippen LogP contribution in [-0.4, -0.2) is 31.1 Å². The lowest BCUT2D eigenvalue weighted by molar-refractivity contribution is 0.101. The van der Waals surface area contributed by atoms with Gasteiger partial charge in [-0.05, 0) is 37.0 Å². The molecule has 1 aromatic carbocycles. The first-order valence-electron chi connectivity index (χ1n) is 8.15. The van der Waals surface area contributed by atoms with Gasteiger partial charge >= 0.3 is 0 Å². The van der Waals surface area contributed by atoms with Gasteiger partial charge in [-0.3, -0.25) is 4.90 Å². The fourth-order valence-corrected chi connectivity index (χ4v) is 4.08. The number of rotatable bonds is 3. The molecule has 0 aromatic heterocycles. The summed E-state index contributed by atoms with van der Waals surface area (Å²) in [6.07, 6.45) is 6.29. The average molecular weight is 347 g/mol. The Bertz CT molecular complexity index is 454. The van der Waals surface area contributed by atoms with E-state index in [0.717, 1.165) is 31.7 Å². The van der Waals surface area contributed by atoms with Crippen LogP contribution in [0.5, 0.6) is 0 Å². The van der Waals surface area contributed by atoms with Gasteiger partial charge in [-0.1, -0.05) is 30.9 Å². The van der Waals surface area contributed by atoms with Crippen LogP contribution in [0, 0.1) is 11.7 Å². The SMILES string of the molecule is Cl.Fc1ccc(Cl)cc1[C@@H](C1CCCCC1)N1CCNCC1. The Balaban J connectivity index is 0.00000176. The molecule has 2 fully saturated rings. The van der Waals surface area contributed by atoms with Gasteiger partial charge in [0.2, 0.25) is 0 Å². The van der Waals surface area contributed by atoms with Crippen molar-refractivity contribution in [3.63, 3.8) is 0 Å². The Morgan fingerprint density at radius 2 is 1.82 bits per heavy atom. The lowest BCUT2D eigenvalue weighted by Crippen LogP contribution is -2.47. The highest BCUT2D eigenvalue weighted by Gasteiger charge is 2.32. The average Bonchev–Trinajstić information content (AvgIpc) is 2.53. The number of hydrogen-bond acceptors (Lipinski definition) is 2. The summed E-state index contributed by atoms with van der Waals surface area (Å²) in [5, 5.41) is 4.03. The van der Waals surface area contributed by atoms with E-state index in [4.69, 9.17) is 11.6 Å². The van der Waals surface area contributed by atoms with Crippen molar-refractivity contribution in [2.45, 2.75) is 38.1 Å². The minimum absolute atomic E-state index is 0. The molecule has 1 aromatic rings. The van der Waals surface area contributed by atoms with E-state index < -0.39 is 0 Å². The van der Waals surface area contributed by atoms with Gasteiger partial charge in [0.1, 0.15) is 5.82 Å². The summed E-state index contributed by atoms with van der Waals surface area (Å²) < 4.78 is 14.4. The second kappa shape index (κ2) is 8.49. The van der Waals surface area contributed by atoms with Crippen LogP contribution in [0.4, 0.5) is 4.39 Å². The summed E-state index contributed by atoms with van der Waals surface area (Å²) in [7, 11) is 0. The number of hydrogen-bond donors (Lipinski definition) is 1. The smallest absolute Gasteiger partial charge is 0.128 e. The van der Waals surface area contributed by atoms with Crippen LogP contribution in [0.3, 0.4) is 0 Å². The molecule has 1 N–H and O–H groups in total. The largest absolute Gasteiger partial charge is 0.314 e. The second-order valence-corrected chi connectivity index (χ2v) is 6.73. The first-order chi connectivity index (χ1) is 10.3. The maximum atomic E-state index is 14.4. The molecule has 1 aliphatic carbocycles. The maximum absolute atomic E-state index is 14.4. The second-order valence-electron chi connectivity index (χ2n) is 6.29. The number of nitrogens with one attached hydrogen (secondary N) is 1. The summed E-state index contributed by atoms with van der Waals surface area (Å²) in [5.74, 6) is 0.457. The molecule has 0 spiro atoms. The lowest BCUT2D eigenvalue weighted by atomic mass is 9.80. The normalized spacial score (nSPS) is 22.1. The monoisotopic (exact) mass is 346 g/mol. The molecular formula is C17H25Cl2FN2. The fraction of sp³-hybridized carbons (Fsp3) is 0.647. The van der Waals surface area contributed by atoms with Gasteiger partial charge in [0.25, 0.3) is 0 Å². The lowest BCUT2D eigenvalue weighted by Gasteiger charge is -2.41. The molecule has 1 aliphatic heterocycles. The van der Waals surface area contributed by atoms with Crippen molar-refractivity contribution in [3.05, 3.63) is 34.6 Å². The first kappa shape index (κ1) is 18.0. The zero-order chi connectivity index (χ0) is 14.7. The van der Waals surface area contributed by atoms with E-state index in [1.165, 1.54) is 38.2 Å². The molecule has 2 nitrogen and oxygen atoms in total. The summed E-state index contributed by atoms with van der Waals surface area (Å²) in [5.41, 5.74) is 0.802. The third-order valence-electron chi connectivity index (χ3n) is 4.92. The van der Waals surface area contributed by atoms with Gasteiger partial charge in [0, 0.05) is 42.8 Å². The van der Waals surface area contributed by atoms with Gasteiger partial charge in [-0.15, -0.1) is 12.4 Å². The number of benzene rings is 1. The van der Waals surface area contributed by atoms with E-state index in [-0.39, 0.29) is 24.3 Å². The Hall–Kier alpha value is -0.350. The van der Waals surface area contributed by atoms with Crippen molar-refractivity contribution in [2.75, 3.05) is 26.2 Å². The van der Waals surface area contributed by atoms with Crippen molar-refractivity contribution in [3.8, 4) is 0 Å². The van der Waals surface area contributed by atoms with Crippen LogP contribution in [-0.2, 0) is 0 Å². The molecule has 1 saturated heterocycles. The quantitative estimate of drug-likeness (QED) is 0.870. The minimum Gasteiger partial charge on any atom is -0.314 e. The van der Waals surface area contributed by atoms with Gasteiger partial charge in [0.15, 0.2) is 0 Å². The predicted octanol–water partition coefficient (Wildman–Crippen LogP) is 4.43. The van der Waals surface area contributed by atoms with Crippen LogP contribution in [0.2, 0.25) is 5.02 Å². The topological polar surface area (TPSA) is 15.3 Å². The van der Waals surface area contributed by atoms with Gasteiger partial charge in [0.05, 0.1) is 0 Å². The zero-order valence-electron chi connectivity index (χ0n) is 12.9. The molecule has 0 unspecified atom stereocenters. The molecule has 1 saturated carbocycles. The van der Waals surface area contributed by atoms with Crippen LogP contribution in [0.25, 0.3) is 0 Å². The van der Waals surface area contributed by atoms with Crippen LogP contribution in [0.1, 0.15) is 43.7 Å². The Labute approximate surface area is 143 Å². The van der Waals surface area contributed by atoms with Crippen molar-refractivity contribution in [1.82, 2.24) is 10.2 Å². The van der Waals surface area contributed by atoms with Gasteiger partial charge in [-0.2, -0.15) is 0 Å². The van der Waals surface area contributed by atoms with Crippen LogP contribution < -0.4 is 5.32 Å². The predicted molar refractivity (Wildman–Crippen MR) is 92.4 cm³/mol. The van der Waals surface area contributed by atoms with E-state index >= 15 is 0 Å². The number of nitrogens with zero attached hydrogens (tertiary/aromatic N) is 1. The summed E-state index contributed by atoms with van der Waals surface area (Å²) in [6, 6.07) is 5.20. The summed E-state index contributed by atoms with van der Waals surface area (Å²) in [6.45, 7) is 3.97. The Morgan fingerprint density at radius 3 is 2.50 bits per heavy atom. The third-order valence-corrected chi connectivity index (χ3v) is 5.15. The van der Waals surface area contributed by atoms with Crippen molar-refractivity contribution < 1.29 is 4.39 Å². The Kier molecular flexibility index (Phi) is 6.94. The number of piperazine rings is 1. The van der Waals surface area contributed by atoms with Crippen LogP contribution in [0.15, 0.2) is 18.2 Å². The Morgan fingerprint density at radius 1 is 1.14 bits per heavy atom. The van der Waals surface area contributed by atoms with E-state index in [9.17, 15) is 4.39 Å². The standard InChI is InChI=1S/C17H24ClFN2.ClH/c18-14-6-7-16(19)15(12-14)17(13-4-2-1-3-5-13)21-10-8-20-9-11-21;/h6-7,12-13,17,20H,1-5,8-11H2;1H/t17-;/m1./s1. The van der Waals surface area contributed by atoms with Gasteiger partial charge < -0.3 is 5.32 Å². The van der Waals surface area contributed by atoms with E-state index in [2.05, 4.69) is 10.2 Å². The summed E-state index contributed by atoms with van der Waals surface area (Å²) in [4.78, 5) is 2.46. The number of halogens is 3. The first-order valence-corrected chi connectivity index (χ1v) is 8.53. The molecule has 0 bridgehead atoms. The zero-order valence-corrected chi connectivity index (χ0v) is 14.4. The van der Waals surface area contributed by atoms with E-state index in [0.29, 0.717) is 10.9 Å². The van der Waals surface area contributed by atoms with Crippen molar-refractivity contribution in [1.29, 1.82) is 0 Å². The van der Waals surface area contributed by atoms with Crippen LogP contribution >= 0.6 is 24.0 Å².